The highest BCUT2D eigenvalue weighted by molar-refractivity contribution is 9.10. The van der Waals surface area contributed by atoms with Crippen LogP contribution in [-0.2, 0) is 5.75 Å². The van der Waals surface area contributed by atoms with E-state index in [-0.39, 0.29) is 0 Å². The number of hydrogen-bond acceptors (Lipinski definition) is 4. The molecule has 0 atom stereocenters. The van der Waals surface area contributed by atoms with Crippen molar-refractivity contribution in [3.63, 3.8) is 0 Å². The van der Waals surface area contributed by atoms with E-state index in [1.807, 2.05) is 13.0 Å². The zero-order valence-electron chi connectivity index (χ0n) is 12.6. The molecular weight excluding hydrogens is 392 g/mol. The number of thioether (sulfide) groups is 1. The van der Waals surface area contributed by atoms with Crippen molar-refractivity contribution in [2.24, 2.45) is 0 Å². The molecule has 3 aromatic heterocycles. The molecule has 0 aliphatic heterocycles. The highest BCUT2D eigenvalue weighted by atomic mass is 79.9. The van der Waals surface area contributed by atoms with Crippen molar-refractivity contribution in [2.45, 2.75) is 23.9 Å². The molecule has 0 aliphatic rings. The van der Waals surface area contributed by atoms with E-state index in [2.05, 4.69) is 66.5 Å². The van der Waals surface area contributed by atoms with Gasteiger partial charge >= 0.3 is 5.78 Å². The summed E-state index contributed by atoms with van der Waals surface area (Å²) in [5.74, 6) is 1.69. The first-order chi connectivity index (χ1) is 11.1. The van der Waals surface area contributed by atoms with Crippen molar-refractivity contribution in [1.29, 1.82) is 0 Å². The Bertz CT molecular complexity index is 989. The highest BCUT2D eigenvalue weighted by Crippen LogP contribution is 2.32. The lowest BCUT2D eigenvalue weighted by atomic mass is 10.3. The number of imidazole rings is 1. The molecule has 7 heteroatoms. The Labute approximate surface area is 150 Å². The van der Waals surface area contributed by atoms with Crippen molar-refractivity contribution in [3.05, 3.63) is 52.0 Å². The molecule has 0 bridgehead atoms. The molecule has 0 aliphatic carbocycles. The lowest BCUT2D eigenvalue weighted by molar-refractivity contribution is -0.533. The molecule has 0 spiro atoms. The number of hydrogen-bond donors (Lipinski definition) is 1. The van der Waals surface area contributed by atoms with Gasteiger partial charge in [-0.05, 0) is 41.9 Å². The van der Waals surface area contributed by atoms with Crippen molar-refractivity contribution in [2.75, 3.05) is 0 Å². The number of aryl methyl sites for hydroxylation is 2. The van der Waals surface area contributed by atoms with Crippen molar-refractivity contribution in [1.82, 2.24) is 15.0 Å². The van der Waals surface area contributed by atoms with E-state index >= 15 is 0 Å². The van der Waals surface area contributed by atoms with Crippen LogP contribution < -0.4 is 4.40 Å². The number of halogens is 1. The molecule has 4 nitrogen and oxygen atoms in total. The van der Waals surface area contributed by atoms with Crippen LogP contribution in [0.1, 0.15) is 17.1 Å². The summed E-state index contributed by atoms with van der Waals surface area (Å²) in [4.78, 5) is 12.6. The topological polar surface area (TPSA) is 45.7 Å². The number of rotatable bonds is 3. The molecule has 3 heterocycles. The van der Waals surface area contributed by atoms with Gasteiger partial charge in [0.1, 0.15) is 11.4 Å². The molecule has 4 aromatic rings. The van der Waals surface area contributed by atoms with E-state index in [0.717, 1.165) is 43.1 Å². The predicted octanol–water partition coefficient (Wildman–Crippen LogP) is 4.43. The molecule has 0 unspecified atom stereocenters. The maximum absolute atomic E-state index is 4.67. The Morgan fingerprint density at radius 3 is 2.91 bits per heavy atom. The summed E-state index contributed by atoms with van der Waals surface area (Å²) in [5, 5.41) is 0. The van der Waals surface area contributed by atoms with Crippen LogP contribution in [0, 0.1) is 13.8 Å². The number of nitrogens with one attached hydrogen (secondary N) is 1. The molecule has 23 heavy (non-hydrogen) atoms. The number of para-hydroxylation sites is 1. The summed E-state index contributed by atoms with van der Waals surface area (Å²) in [6.07, 6.45) is 0. The second kappa shape index (κ2) is 5.89. The smallest absolute Gasteiger partial charge is 0.240 e. The predicted molar refractivity (Wildman–Crippen MR) is 98.1 cm³/mol. The first kappa shape index (κ1) is 15.1. The molecule has 4 rings (SSSR count). The van der Waals surface area contributed by atoms with E-state index in [1.165, 1.54) is 4.70 Å². The highest BCUT2D eigenvalue weighted by Gasteiger charge is 2.20. The van der Waals surface area contributed by atoms with E-state index in [4.69, 9.17) is 0 Å². The Hall–Kier alpha value is -1.44. The zero-order valence-corrected chi connectivity index (χ0v) is 15.8. The minimum absolute atomic E-state index is 0.822. The van der Waals surface area contributed by atoms with Gasteiger partial charge in [0.05, 0.1) is 21.7 Å². The third kappa shape index (κ3) is 2.77. The Morgan fingerprint density at radius 2 is 2.09 bits per heavy atom. The lowest BCUT2D eigenvalue weighted by Crippen LogP contribution is -2.26. The second-order valence-electron chi connectivity index (χ2n) is 5.33. The van der Waals surface area contributed by atoms with E-state index in [9.17, 15) is 0 Å². The third-order valence-corrected chi connectivity index (χ3v) is 6.63. The number of nitrogens with zero attached hydrogens (tertiary/aromatic N) is 3. The molecule has 0 saturated carbocycles. The fraction of sp³-hybridized carbons (Fsp3) is 0.188. The first-order valence-corrected chi connectivity index (χ1v) is 9.76. The Kier molecular flexibility index (Phi) is 3.87. The van der Waals surface area contributed by atoms with Crippen LogP contribution >= 0.6 is 39.0 Å². The van der Waals surface area contributed by atoms with Crippen LogP contribution in [0.4, 0.5) is 0 Å². The Morgan fingerprint density at radius 1 is 1.26 bits per heavy atom. The lowest BCUT2D eigenvalue weighted by Gasteiger charge is -1.95. The zero-order chi connectivity index (χ0) is 16.0. The number of aromatic nitrogens is 4. The second-order valence-corrected chi connectivity index (χ2v) is 8.33. The van der Waals surface area contributed by atoms with Crippen LogP contribution in [0.15, 0.2) is 39.3 Å². The summed E-state index contributed by atoms with van der Waals surface area (Å²) in [6, 6.07) is 10.3. The number of fused-ring (bicyclic) bond motifs is 2. The van der Waals surface area contributed by atoms with Gasteiger partial charge in [0.15, 0.2) is 8.94 Å². The molecule has 116 valence electrons. The minimum atomic E-state index is 0.822. The summed E-state index contributed by atoms with van der Waals surface area (Å²) in [7, 11) is 0. The van der Waals surface area contributed by atoms with E-state index in [0.29, 0.717) is 0 Å². The van der Waals surface area contributed by atoms with Crippen molar-refractivity contribution in [3.8, 4) is 0 Å². The standard InChI is InChI=1S/C16H13BrN4S2/c1-9-7-10(2)21-14(17)12(19-15(21)18-9)8-22-16-20-11-5-3-4-6-13(11)23-16/h3-7H,8H2,1-2H3/p+1. The average Bonchev–Trinajstić information content (AvgIpc) is 3.06. The quantitative estimate of drug-likeness (QED) is 0.405. The molecule has 0 radical (unpaired) electrons. The summed E-state index contributed by atoms with van der Waals surface area (Å²) >= 11 is 7.18. The Balaban J connectivity index is 1.65. The van der Waals surface area contributed by atoms with Gasteiger partial charge in [0, 0.05) is 6.07 Å². The number of aromatic amines is 1. The third-order valence-electron chi connectivity index (χ3n) is 3.59. The monoisotopic (exact) mass is 405 g/mol. The fourth-order valence-electron chi connectivity index (χ4n) is 2.58. The molecule has 1 aromatic carbocycles. The number of thiazole rings is 1. The van der Waals surface area contributed by atoms with E-state index in [1.54, 1.807) is 23.1 Å². The van der Waals surface area contributed by atoms with Crippen LogP contribution in [0.3, 0.4) is 0 Å². The van der Waals surface area contributed by atoms with Gasteiger partial charge in [-0.25, -0.2) is 9.97 Å². The van der Waals surface area contributed by atoms with Crippen molar-refractivity contribution >= 4 is 55.0 Å². The van der Waals surface area contributed by atoms with Gasteiger partial charge in [-0.3, -0.25) is 0 Å². The molecule has 0 saturated heterocycles. The van der Waals surface area contributed by atoms with Crippen LogP contribution in [0.5, 0.6) is 0 Å². The summed E-state index contributed by atoms with van der Waals surface area (Å²) < 4.78 is 5.45. The van der Waals surface area contributed by atoms with Gasteiger partial charge in [-0.2, -0.15) is 4.40 Å². The first-order valence-electron chi connectivity index (χ1n) is 7.16. The van der Waals surface area contributed by atoms with Crippen molar-refractivity contribution < 1.29 is 4.40 Å². The minimum Gasteiger partial charge on any atom is -0.240 e. The van der Waals surface area contributed by atoms with Crippen LogP contribution in [0.25, 0.3) is 16.0 Å². The maximum Gasteiger partial charge on any atom is 0.402 e. The fourth-order valence-corrected chi connectivity index (χ4v) is 5.47. The van der Waals surface area contributed by atoms with Gasteiger partial charge in [0.25, 0.3) is 0 Å². The normalized spacial score (nSPS) is 11.6. The number of H-pyrrole nitrogens is 1. The van der Waals surface area contributed by atoms with Gasteiger partial charge in [-0.15, -0.1) is 11.3 Å². The SMILES string of the molecule is Cc1cc(C)[n+]2c(Br)c(CSc3nc4ccccc4s3)[nH]c2n1. The number of benzene rings is 1. The van der Waals surface area contributed by atoms with E-state index < -0.39 is 0 Å². The average molecular weight is 406 g/mol. The largest absolute Gasteiger partial charge is 0.402 e. The van der Waals surface area contributed by atoms with Crippen LogP contribution in [-0.4, -0.2) is 15.0 Å². The maximum atomic E-state index is 4.67. The van der Waals surface area contributed by atoms with Gasteiger partial charge in [-0.1, -0.05) is 28.9 Å². The summed E-state index contributed by atoms with van der Waals surface area (Å²) in [6.45, 7) is 4.10. The molecule has 0 fully saturated rings. The van der Waals surface area contributed by atoms with Gasteiger partial charge in [0.2, 0.25) is 0 Å². The van der Waals surface area contributed by atoms with Gasteiger partial charge < -0.3 is 0 Å². The summed E-state index contributed by atoms with van der Waals surface area (Å²) in [5.41, 5.74) is 4.36. The molecular formula is C16H14BrN4S2+. The van der Waals surface area contributed by atoms with Crippen LogP contribution in [0.2, 0.25) is 0 Å². The molecule has 0 amide bonds. The molecule has 1 N–H and O–H groups in total.